The van der Waals surface area contributed by atoms with Crippen LogP contribution in [0.2, 0.25) is 0 Å². The SMILES string of the molecule is CC(C)C(=O)c1ccc(SCCN(C)C)cc1. The number of nitrogens with zero attached hydrogens (tertiary/aromatic N) is 1. The Bertz CT molecular complexity index is 357. The Hall–Kier alpha value is -0.800. The topological polar surface area (TPSA) is 20.3 Å². The molecule has 0 amide bonds. The molecular weight excluding hydrogens is 230 g/mol. The number of hydrogen-bond acceptors (Lipinski definition) is 3. The van der Waals surface area contributed by atoms with E-state index in [0.717, 1.165) is 17.9 Å². The lowest BCUT2D eigenvalue weighted by Crippen LogP contribution is -2.14. The van der Waals surface area contributed by atoms with Crippen LogP contribution in [0.4, 0.5) is 0 Å². The van der Waals surface area contributed by atoms with Crippen molar-refractivity contribution in [1.29, 1.82) is 0 Å². The Morgan fingerprint density at radius 1 is 1.24 bits per heavy atom. The highest BCUT2D eigenvalue weighted by Gasteiger charge is 2.09. The van der Waals surface area contributed by atoms with E-state index in [-0.39, 0.29) is 11.7 Å². The summed E-state index contributed by atoms with van der Waals surface area (Å²) in [6.45, 7) is 4.93. The summed E-state index contributed by atoms with van der Waals surface area (Å²) in [6.07, 6.45) is 0. The minimum Gasteiger partial charge on any atom is -0.309 e. The molecular formula is C14H21NOS. The van der Waals surface area contributed by atoms with Crippen LogP contribution in [0.15, 0.2) is 29.2 Å². The number of rotatable bonds is 6. The van der Waals surface area contributed by atoms with E-state index < -0.39 is 0 Å². The lowest BCUT2D eigenvalue weighted by atomic mass is 10.0. The van der Waals surface area contributed by atoms with Crippen LogP contribution >= 0.6 is 11.8 Å². The first kappa shape index (κ1) is 14.3. The molecule has 3 heteroatoms. The highest BCUT2D eigenvalue weighted by atomic mass is 32.2. The third-order valence-corrected chi connectivity index (χ3v) is 3.46. The summed E-state index contributed by atoms with van der Waals surface area (Å²) in [7, 11) is 4.15. The average Bonchev–Trinajstić information content (AvgIpc) is 2.28. The summed E-state index contributed by atoms with van der Waals surface area (Å²) in [5.41, 5.74) is 0.817. The number of hydrogen-bond donors (Lipinski definition) is 0. The van der Waals surface area contributed by atoms with E-state index in [0.29, 0.717) is 0 Å². The van der Waals surface area contributed by atoms with Gasteiger partial charge in [0, 0.05) is 28.7 Å². The highest BCUT2D eigenvalue weighted by molar-refractivity contribution is 7.99. The van der Waals surface area contributed by atoms with E-state index in [1.807, 2.05) is 49.9 Å². The third kappa shape index (κ3) is 4.92. The Balaban J connectivity index is 2.53. The normalized spacial score (nSPS) is 11.2. The first-order chi connectivity index (χ1) is 8.00. The Morgan fingerprint density at radius 3 is 2.29 bits per heavy atom. The van der Waals surface area contributed by atoms with Crippen molar-refractivity contribution >= 4 is 17.5 Å². The molecule has 0 fully saturated rings. The fourth-order valence-corrected chi connectivity index (χ4v) is 2.42. The predicted molar refractivity (Wildman–Crippen MR) is 74.9 cm³/mol. The van der Waals surface area contributed by atoms with E-state index >= 15 is 0 Å². The van der Waals surface area contributed by atoms with Gasteiger partial charge in [0.2, 0.25) is 0 Å². The van der Waals surface area contributed by atoms with Crippen molar-refractivity contribution in [2.45, 2.75) is 18.7 Å². The monoisotopic (exact) mass is 251 g/mol. The van der Waals surface area contributed by atoms with Crippen LogP contribution in [-0.4, -0.2) is 37.1 Å². The molecule has 2 nitrogen and oxygen atoms in total. The van der Waals surface area contributed by atoms with Gasteiger partial charge in [0.1, 0.15) is 0 Å². The van der Waals surface area contributed by atoms with Crippen molar-refractivity contribution in [3.05, 3.63) is 29.8 Å². The third-order valence-electron chi connectivity index (χ3n) is 2.47. The van der Waals surface area contributed by atoms with Gasteiger partial charge in [-0.1, -0.05) is 26.0 Å². The molecule has 0 bridgehead atoms. The second kappa shape index (κ2) is 6.82. The molecule has 1 rings (SSSR count). The lowest BCUT2D eigenvalue weighted by Gasteiger charge is -2.09. The number of carbonyl (C=O) groups excluding carboxylic acids is 1. The van der Waals surface area contributed by atoms with E-state index in [9.17, 15) is 4.79 Å². The molecule has 0 spiro atoms. The first-order valence-electron chi connectivity index (χ1n) is 5.92. The van der Waals surface area contributed by atoms with Crippen LogP contribution in [0.25, 0.3) is 0 Å². The number of thioether (sulfide) groups is 1. The minimum absolute atomic E-state index is 0.0715. The fourth-order valence-electron chi connectivity index (χ4n) is 1.39. The van der Waals surface area contributed by atoms with Gasteiger partial charge in [-0.25, -0.2) is 0 Å². The van der Waals surface area contributed by atoms with Crippen LogP contribution < -0.4 is 0 Å². The van der Waals surface area contributed by atoms with Gasteiger partial charge in [-0.15, -0.1) is 11.8 Å². The minimum atomic E-state index is 0.0715. The van der Waals surface area contributed by atoms with Crippen molar-refractivity contribution in [3.63, 3.8) is 0 Å². The smallest absolute Gasteiger partial charge is 0.165 e. The van der Waals surface area contributed by atoms with E-state index in [4.69, 9.17) is 0 Å². The number of Topliss-reactive ketones (excluding diaryl/α,β-unsaturated/α-hetero) is 1. The van der Waals surface area contributed by atoms with Gasteiger partial charge < -0.3 is 4.90 Å². The maximum atomic E-state index is 11.7. The molecule has 0 unspecified atom stereocenters. The van der Waals surface area contributed by atoms with Gasteiger partial charge in [-0.2, -0.15) is 0 Å². The van der Waals surface area contributed by atoms with Gasteiger partial charge in [0.05, 0.1) is 0 Å². The predicted octanol–water partition coefficient (Wildman–Crippen LogP) is 3.18. The van der Waals surface area contributed by atoms with Gasteiger partial charge in [-0.05, 0) is 26.2 Å². The zero-order valence-electron chi connectivity index (χ0n) is 11.1. The van der Waals surface area contributed by atoms with Crippen molar-refractivity contribution in [2.75, 3.05) is 26.4 Å². The molecule has 0 aliphatic carbocycles. The Labute approximate surface area is 108 Å². The molecule has 0 aliphatic heterocycles. The lowest BCUT2D eigenvalue weighted by molar-refractivity contribution is 0.0939. The van der Waals surface area contributed by atoms with Crippen molar-refractivity contribution in [2.24, 2.45) is 5.92 Å². The fraction of sp³-hybridized carbons (Fsp3) is 0.500. The molecule has 0 saturated carbocycles. The molecule has 1 aromatic rings. The van der Waals surface area contributed by atoms with Crippen LogP contribution in [-0.2, 0) is 0 Å². The van der Waals surface area contributed by atoms with Crippen molar-refractivity contribution < 1.29 is 4.79 Å². The van der Waals surface area contributed by atoms with Crippen LogP contribution in [0, 0.1) is 5.92 Å². The van der Waals surface area contributed by atoms with E-state index in [2.05, 4.69) is 19.0 Å². The molecule has 0 aliphatic rings. The summed E-state index contributed by atoms with van der Waals surface area (Å²) < 4.78 is 0. The van der Waals surface area contributed by atoms with Crippen LogP contribution in [0.1, 0.15) is 24.2 Å². The maximum absolute atomic E-state index is 11.7. The molecule has 0 radical (unpaired) electrons. The first-order valence-corrected chi connectivity index (χ1v) is 6.91. The number of ketones is 1. The van der Waals surface area contributed by atoms with Gasteiger partial charge in [0.25, 0.3) is 0 Å². The molecule has 0 atom stereocenters. The summed E-state index contributed by atoms with van der Waals surface area (Å²) >= 11 is 1.82. The van der Waals surface area contributed by atoms with Crippen molar-refractivity contribution in [1.82, 2.24) is 4.90 Å². The van der Waals surface area contributed by atoms with Crippen LogP contribution in [0.5, 0.6) is 0 Å². The maximum Gasteiger partial charge on any atom is 0.165 e. The Kier molecular flexibility index (Phi) is 5.72. The van der Waals surface area contributed by atoms with E-state index in [1.165, 1.54) is 4.90 Å². The Morgan fingerprint density at radius 2 is 1.82 bits per heavy atom. The molecule has 0 saturated heterocycles. The largest absolute Gasteiger partial charge is 0.309 e. The molecule has 0 N–H and O–H groups in total. The molecule has 0 heterocycles. The molecule has 1 aromatic carbocycles. The number of benzene rings is 1. The summed E-state index contributed by atoms with van der Waals surface area (Å²) in [5, 5.41) is 0. The zero-order chi connectivity index (χ0) is 12.8. The quantitative estimate of drug-likeness (QED) is 0.572. The molecule has 17 heavy (non-hydrogen) atoms. The number of carbonyl (C=O) groups is 1. The van der Waals surface area contributed by atoms with E-state index in [1.54, 1.807) is 0 Å². The standard InChI is InChI=1S/C14H21NOS/c1-11(2)14(16)12-5-7-13(8-6-12)17-10-9-15(3)4/h5-8,11H,9-10H2,1-4H3. The van der Waals surface area contributed by atoms with Crippen molar-refractivity contribution in [3.8, 4) is 0 Å². The zero-order valence-corrected chi connectivity index (χ0v) is 11.9. The summed E-state index contributed by atoms with van der Waals surface area (Å²) in [4.78, 5) is 15.1. The van der Waals surface area contributed by atoms with Gasteiger partial charge in [0.15, 0.2) is 5.78 Å². The highest BCUT2D eigenvalue weighted by Crippen LogP contribution is 2.19. The van der Waals surface area contributed by atoms with Gasteiger partial charge in [-0.3, -0.25) is 4.79 Å². The average molecular weight is 251 g/mol. The summed E-state index contributed by atoms with van der Waals surface area (Å²) in [6, 6.07) is 7.94. The van der Waals surface area contributed by atoms with Crippen LogP contribution in [0.3, 0.4) is 0 Å². The van der Waals surface area contributed by atoms with Gasteiger partial charge >= 0.3 is 0 Å². The second-order valence-corrected chi connectivity index (χ2v) is 5.86. The second-order valence-electron chi connectivity index (χ2n) is 4.70. The molecule has 94 valence electrons. The summed E-state index contributed by atoms with van der Waals surface area (Å²) in [5.74, 6) is 1.36. The molecule has 0 aromatic heterocycles.